The van der Waals surface area contributed by atoms with Crippen molar-refractivity contribution in [3.05, 3.63) is 42.2 Å². The van der Waals surface area contributed by atoms with Gasteiger partial charge < -0.3 is 4.90 Å². The zero-order valence-electron chi connectivity index (χ0n) is 15.6. The van der Waals surface area contributed by atoms with E-state index in [-0.39, 0.29) is 31.2 Å². The number of anilines is 1. The van der Waals surface area contributed by atoms with Gasteiger partial charge in [0.05, 0.1) is 25.0 Å². The van der Waals surface area contributed by atoms with Crippen LogP contribution in [0.1, 0.15) is 30.3 Å². The third kappa shape index (κ3) is 3.30. The highest BCUT2D eigenvalue weighted by Crippen LogP contribution is 2.44. The highest BCUT2D eigenvalue weighted by atomic mass is 19.3. The number of carbonyl (C=O) groups is 1. The van der Waals surface area contributed by atoms with E-state index in [0.717, 1.165) is 4.90 Å². The summed E-state index contributed by atoms with van der Waals surface area (Å²) in [7, 11) is 0. The van der Waals surface area contributed by atoms with Gasteiger partial charge in [-0.25, -0.2) is 28.2 Å². The van der Waals surface area contributed by atoms with Gasteiger partial charge in [-0.1, -0.05) is 0 Å². The highest BCUT2D eigenvalue weighted by molar-refractivity contribution is 5.86. The van der Waals surface area contributed by atoms with Crippen LogP contribution in [0.4, 0.5) is 19.1 Å². The Kier molecular flexibility index (Phi) is 4.98. The average molecular weight is 419 g/mol. The molecular weight excluding hydrogens is 403 g/mol. The first kappa shape index (κ1) is 20.0. The number of alkyl halides is 3. The van der Waals surface area contributed by atoms with Gasteiger partial charge in [-0.05, 0) is 6.07 Å². The number of carbonyl (C=O) groups excluding carboxylic acids is 1. The number of nitriles is 1. The minimum Gasteiger partial charge on any atom is -0.334 e. The van der Waals surface area contributed by atoms with Gasteiger partial charge in [0, 0.05) is 38.0 Å². The summed E-state index contributed by atoms with van der Waals surface area (Å²) >= 11 is 0. The van der Waals surface area contributed by atoms with E-state index >= 15 is 4.39 Å². The molecule has 2 atom stereocenters. The number of piperidine rings is 1. The molecule has 4 heterocycles. The fourth-order valence-electron chi connectivity index (χ4n) is 3.51. The molecule has 1 unspecified atom stereocenters. The van der Waals surface area contributed by atoms with Crippen LogP contribution in [0.5, 0.6) is 0 Å². The van der Waals surface area contributed by atoms with Crippen molar-refractivity contribution >= 4 is 11.9 Å². The van der Waals surface area contributed by atoms with Crippen molar-refractivity contribution in [2.75, 3.05) is 24.6 Å². The molecule has 2 aliphatic rings. The lowest BCUT2D eigenvalue weighted by molar-refractivity contribution is -0.217. The van der Waals surface area contributed by atoms with Crippen molar-refractivity contribution in [1.29, 1.82) is 5.26 Å². The van der Waals surface area contributed by atoms with E-state index in [1.54, 1.807) is 6.07 Å². The summed E-state index contributed by atoms with van der Waals surface area (Å²) < 4.78 is 45.4. The van der Waals surface area contributed by atoms with E-state index in [0.29, 0.717) is 10.8 Å². The Hall–Kier alpha value is -3.33. The first-order valence-corrected chi connectivity index (χ1v) is 9.13. The molecule has 156 valence electrons. The fraction of sp³-hybridized carbons (Fsp3) is 0.444. The normalized spacial score (nSPS) is 25.7. The van der Waals surface area contributed by atoms with Crippen LogP contribution in [0.15, 0.2) is 30.9 Å². The maximum absolute atomic E-state index is 15.5. The molecule has 2 aromatic rings. The van der Waals surface area contributed by atoms with Gasteiger partial charge >= 0.3 is 5.92 Å². The van der Waals surface area contributed by atoms with Crippen molar-refractivity contribution in [2.24, 2.45) is 0 Å². The second-order valence-corrected chi connectivity index (χ2v) is 6.93. The number of aromatic nitrogens is 4. The van der Waals surface area contributed by atoms with E-state index < -0.39 is 36.5 Å². The molecule has 0 aromatic carbocycles. The summed E-state index contributed by atoms with van der Waals surface area (Å²) in [4.78, 5) is 34.8. The summed E-state index contributed by atoms with van der Waals surface area (Å²) in [5, 5.41) is 9.57. The zero-order valence-corrected chi connectivity index (χ0v) is 15.6. The number of hydrogen-bond acceptors (Lipinski definition) is 8. The van der Waals surface area contributed by atoms with Crippen LogP contribution in [0, 0.1) is 11.3 Å². The van der Waals surface area contributed by atoms with Crippen LogP contribution >= 0.6 is 0 Å². The highest BCUT2D eigenvalue weighted by Gasteiger charge is 2.65. The smallest absolute Gasteiger partial charge is 0.307 e. The summed E-state index contributed by atoms with van der Waals surface area (Å²) in [6.07, 6.45) is 4.94. The molecule has 0 bridgehead atoms. The minimum absolute atomic E-state index is 0.00578. The van der Waals surface area contributed by atoms with Crippen molar-refractivity contribution in [3.63, 3.8) is 0 Å². The Balaban J connectivity index is 1.57. The molecule has 0 N–H and O–H groups in total. The van der Waals surface area contributed by atoms with Crippen molar-refractivity contribution in [3.8, 4) is 6.07 Å². The van der Waals surface area contributed by atoms with Gasteiger partial charge in [-0.2, -0.15) is 5.26 Å². The number of hydrogen-bond donors (Lipinski definition) is 0. The predicted molar refractivity (Wildman–Crippen MR) is 94.6 cm³/mol. The molecule has 0 radical (unpaired) electrons. The van der Waals surface area contributed by atoms with Crippen LogP contribution in [0.25, 0.3) is 0 Å². The standard InChI is InChI=1S/C18H16F3N7O2/c19-17(15(29)28-14(2-8-30-28)13-10-23-5-6-24-13)3-7-27(11-18(17,20)21)16-25-4-1-12(9-22)26-16/h1,4-6,10,14H,2-3,7-8,11H2/t14-,17?/m0/s1. The molecule has 0 aliphatic carbocycles. The van der Waals surface area contributed by atoms with Crippen LogP contribution in [-0.2, 0) is 9.63 Å². The van der Waals surface area contributed by atoms with E-state index in [2.05, 4.69) is 19.9 Å². The lowest BCUT2D eigenvalue weighted by Crippen LogP contribution is -2.64. The second kappa shape index (κ2) is 7.49. The third-order valence-electron chi connectivity index (χ3n) is 5.10. The quantitative estimate of drug-likeness (QED) is 0.738. The van der Waals surface area contributed by atoms with E-state index in [1.807, 2.05) is 0 Å². The van der Waals surface area contributed by atoms with Gasteiger partial charge in [0.1, 0.15) is 17.8 Å². The van der Waals surface area contributed by atoms with E-state index in [4.69, 9.17) is 10.1 Å². The first-order valence-electron chi connectivity index (χ1n) is 9.13. The van der Waals surface area contributed by atoms with Gasteiger partial charge in [0.15, 0.2) is 0 Å². The zero-order chi connectivity index (χ0) is 21.4. The Morgan fingerprint density at radius 2 is 2.10 bits per heavy atom. The van der Waals surface area contributed by atoms with E-state index in [1.165, 1.54) is 30.9 Å². The molecular formula is C18H16F3N7O2. The van der Waals surface area contributed by atoms with Crippen LogP contribution < -0.4 is 4.90 Å². The van der Waals surface area contributed by atoms with Crippen LogP contribution in [0.3, 0.4) is 0 Å². The molecule has 9 nitrogen and oxygen atoms in total. The Bertz CT molecular complexity index is 987. The first-order chi connectivity index (χ1) is 14.4. The van der Waals surface area contributed by atoms with Crippen molar-refractivity contribution < 1.29 is 22.8 Å². The Morgan fingerprint density at radius 3 is 2.80 bits per heavy atom. The van der Waals surface area contributed by atoms with E-state index in [9.17, 15) is 13.6 Å². The van der Waals surface area contributed by atoms with Crippen molar-refractivity contribution in [1.82, 2.24) is 25.0 Å². The summed E-state index contributed by atoms with van der Waals surface area (Å²) in [5.74, 6) is -5.63. The number of hydroxylamine groups is 2. The minimum atomic E-state index is -4.05. The van der Waals surface area contributed by atoms with Crippen LogP contribution in [0.2, 0.25) is 0 Å². The van der Waals surface area contributed by atoms with Gasteiger partial charge in [-0.15, -0.1) is 0 Å². The predicted octanol–water partition coefficient (Wildman–Crippen LogP) is 1.60. The molecule has 2 aliphatic heterocycles. The molecule has 1 amide bonds. The third-order valence-corrected chi connectivity index (χ3v) is 5.10. The maximum Gasteiger partial charge on any atom is 0.307 e. The molecule has 2 saturated heterocycles. The fourth-order valence-corrected chi connectivity index (χ4v) is 3.51. The van der Waals surface area contributed by atoms with Crippen molar-refractivity contribution in [2.45, 2.75) is 30.5 Å². The molecule has 2 aromatic heterocycles. The molecule has 4 rings (SSSR count). The average Bonchev–Trinajstić information content (AvgIpc) is 3.25. The second-order valence-electron chi connectivity index (χ2n) is 6.93. The lowest BCUT2D eigenvalue weighted by atomic mass is 9.88. The van der Waals surface area contributed by atoms with Gasteiger partial charge in [-0.3, -0.25) is 19.6 Å². The number of rotatable bonds is 3. The lowest BCUT2D eigenvalue weighted by Gasteiger charge is -2.42. The number of nitrogens with zero attached hydrogens (tertiary/aromatic N) is 7. The molecule has 0 saturated carbocycles. The molecule has 30 heavy (non-hydrogen) atoms. The summed E-state index contributed by atoms with van der Waals surface area (Å²) in [6, 6.07) is 2.31. The molecule has 12 heteroatoms. The summed E-state index contributed by atoms with van der Waals surface area (Å²) in [6.45, 7) is -1.29. The Morgan fingerprint density at radius 1 is 1.27 bits per heavy atom. The monoisotopic (exact) mass is 419 g/mol. The van der Waals surface area contributed by atoms with Gasteiger partial charge in [0.2, 0.25) is 5.95 Å². The topological polar surface area (TPSA) is 108 Å². The summed E-state index contributed by atoms with van der Waals surface area (Å²) in [5.41, 5.74) is -3.15. The Labute approximate surface area is 169 Å². The maximum atomic E-state index is 15.5. The SMILES string of the molecule is N#Cc1ccnc(N2CCC(F)(C(=O)N3OCC[C@H]3c3cnccn3)C(F)(F)C2)n1. The largest absolute Gasteiger partial charge is 0.334 e. The molecule has 0 spiro atoms. The number of amides is 1. The van der Waals surface area contributed by atoms with Gasteiger partial charge in [0.25, 0.3) is 11.6 Å². The molecule has 2 fully saturated rings. The van der Waals surface area contributed by atoms with Crippen LogP contribution in [-0.4, -0.2) is 62.2 Å². The number of halogens is 3.